The van der Waals surface area contributed by atoms with Gasteiger partial charge in [0.2, 0.25) is 0 Å². The van der Waals surface area contributed by atoms with Crippen molar-refractivity contribution in [2.75, 3.05) is 6.54 Å². The van der Waals surface area contributed by atoms with Gasteiger partial charge in [0.1, 0.15) is 17.6 Å². The lowest BCUT2D eigenvalue weighted by molar-refractivity contribution is -0.141. The Morgan fingerprint density at radius 2 is 2.11 bits per heavy atom. The van der Waals surface area contributed by atoms with Crippen LogP contribution in [0, 0.1) is 5.82 Å². The summed E-state index contributed by atoms with van der Waals surface area (Å²) in [7, 11) is 0. The average Bonchev–Trinajstić information content (AvgIpc) is 2.77. The van der Waals surface area contributed by atoms with Gasteiger partial charge in [-0.1, -0.05) is 0 Å². The molecule has 0 aliphatic carbocycles. The number of phenolic OH excluding ortho intramolecular Hbond substituents is 1. The van der Waals surface area contributed by atoms with E-state index >= 15 is 0 Å². The van der Waals surface area contributed by atoms with Crippen LogP contribution in [0.3, 0.4) is 0 Å². The number of halogens is 1. The summed E-state index contributed by atoms with van der Waals surface area (Å²) < 4.78 is 12.8. The van der Waals surface area contributed by atoms with Gasteiger partial charge in [-0.15, -0.1) is 0 Å². The van der Waals surface area contributed by atoms with Gasteiger partial charge in [0.15, 0.2) is 0 Å². The Morgan fingerprint density at radius 1 is 1.39 bits per heavy atom. The molecule has 18 heavy (non-hydrogen) atoms. The minimum Gasteiger partial charge on any atom is -0.507 e. The smallest absolute Gasteiger partial charge is 0.326 e. The van der Waals surface area contributed by atoms with Crippen LogP contribution in [0.1, 0.15) is 23.2 Å². The van der Waals surface area contributed by atoms with Crippen LogP contribution in [0.2, 0.25) is 0 Å². The third-order valence-corrected chi connectivity index (χ3v) is 2.99. The number of hydrogen-bond donors (Lipinski definition) is 2. The van der Waals surface area contributed by atoms with Crippen LogP contribution in [0.4, 0.5) is 4.39 Å². The van der Waals surface area contributed by atoms with E-state index < -0.39 is 29.5 Å². The van der Waals surface area contributed by atoms with Gasteiger partial charge in [0.05, 0.1) is 5.56 Å². The van der Waals surface area contributed by atoms with Gasteiger partial charge in [-0.05, 0) is 25.0 Å². The average molecular weight is 253 g/mol. The van der Waals surface area contributed by atoms with Gasteiger partial charge in [-0.2, -0.15) is 0 Å². The topological polar surface area (TPSA) is 77.8 Å². The van der Waals surface area contributed by atoms with Crippen molar-refractivity contribution in [1.29, 1.82) is 0 Å². The molecule has 5 nitrogen and oxygen atoms in total. The van der Waals surface area contributed by atoms with Crippen molar-refractivity contribution in [2.24, 2.45) is 0 Å². The van der Waals surface area contributed by atoms with Gasteiger partial charge in [0.25, 0.3) is 5.91 Å². The number of carboxylic acid groups (broad SMARTS) is 1. The Bertz CT molecular complexity index is 503. The lowest BCUT2D eigenvalue weighted by atomic mass is 10.1. The van der Waals surface area contributed by atoms with Crippen LogP contribution in [-0.4, -0.2) is 39.6 Å². The first-order valence-corrected chi connectivity index (χ1v) is 5.53. The van der Waals surface area contributed by atoms with Gasteiger partial charge in [-0.3, -0.25) is 4.79 Å². The summed E-state index contributed by atoms with van der Waals surface area (Å²) >= 11 is 0. The molecule has 1 atom stereocenters. The number of carbonyl (C=O) groups excluding carboxylic acids is 1. The van der Waals surface area contributed by atoms with Crippen molar-refractivity contribution >= 4 is 11.9 Å². The van der Waals surface area contributed by atoms with Crippen LogP contribution in [0.25, 0.3) is 0 Å². The Hall–Kier alpha value is -2.11. The van der Waals surface area contributed by atoms with Crippen LogP contribution < -0.4 is 0 Å². The second-order valence-corrected chi connectivity index (χ2v) is 4.16. The standard InChI is InChI=1S/C12H12FNO4/c13-7-3-4-8(10(15)6-7)11(16)14-5-1-2-9(14)12(17)18/h3-4,6,9,15H,1-2,5H2,(H,17,18)/t9-/m0/s1. The molecule has 0 saturated carbocycles. The molecule has 6 heteroatoms. The van der Waals surface area contributed by atoms with Gasteiger partial charge >= 0.3 is 5.97 Å². The molecule has 0 unspecified atom stereocenters. The van der Waals surface area contributed by atoms with Gasteiger partial charge in [0, 0.05) is 12.6 Å². The maximum atomic E-state index is 12.8. The highest BCUT2D eigenvalue weighted by molar-refractivity contribution is 5.99. The van der Waals surface area contributed by atoms with Crippen molar-refractivity contribution in [1.82, 2.24) is 4.90 Å². The zero-order chi connectivity index (χ0) is 13.3. The molecule has 96 valence electrons. The highest BCUT2D eigenvalue weighted by atomic mass is 19.1. The van der Waals surface area contributed by atoms with Crippen LogP contribution in [0.15, 0.2) is 18.2 Å². The SMILES string of the molecule is O=C(O)[C@@H]1CCCN1C(=O)c1ccc(F)cc1O. The second kappa shape index (κ2) is 4.64. The van der Waals surface area contributed by atoms with E-state index in [9.17, 15) is 19.1 Å². The van der Waals surface area contributed by atoms with Crippen molar-refractivity contribution in [3.8, 4) is 5.75 Å². The van der Waals surface area contributed by atoms with E-state index in [-0.39, 0.29) is 5.56 Å². The molecule has 1 aliphatic rings. The number of rotatable bonds is 2. The molecular weight excluding hydrogens is 241 g/mol. The number of likely N-dealkylation sites (tertiary alicyclic amines) is 1. The van der Waals surface area contributed by atoms with Crippen LogP contribution >= 0.6 is 0 Å². The first kappa shape index (κ1) is 12.3. The first-order valence-electron chi connectivity index (χ1n) is 5.53. The lowest BCUT2D eigenvalue weighted by Crippen LogP contribution is -2.40. The summed E-state index contributed by atoms with van der Waals surface area (Å²) in [4.78, 5) is 24.2. The number of amides is 1. The molecule has 1 aliphatic heterocycles. The normalized spacial score (nSPS) is 18.9. The molecular formula is C12H12FNO4. The Kier molecular flexibility index (Phi) is 3.18. The predicted octanol–water partition coefficient (Wildman–Crippen LogP) is 1.22. The fourth-order valence-electron chi connectivity index (χ4n) is 2.11. The molecule has 1 fully saturated rings. The number of aromatic hydroxyl groups is 1. The van der Waals surface area contributed by atoms with E-state index in [2.05, 4.69) is 0 Å². The molecule has 1 aromatic carbocycles. The number of carbonyl (C=O) groups is 2. The molecule has 2 N–H and O–H groups in total. The minimum absolute atomic E-state index is 0.0791. The molecule has 1 saturated heterocycles. The van der Waals surface area contributed by atoms with Crippen molar-refractivity contribution in [2.45, 2.75) is 18.9 Å². The Balaban J connectivity index is 2.28. The summed E-state index contributed by atoms with van der Waals surface area (Å²) in [5.74, 6) is -2.78. The third-order valence-electron chi connectivity index (χ3n) is 2.99. The van der Waals surface area contributed by atoms with E-state index in [1.807, 2.05) is 0 Å². The molecule has 2 rings (SSSR count). The zero-order valence-electron chi connectivity index (χ0n) is 9.47. The van der Waals surface area contributed by atoms with E-state index in [0.29, 0.717) is 19.4 Å². The number of phenols is 1. The summed E-state index contributed by atoms with van der Waals surface area (Å²) in [5, 5.41) is 18.5. The number of benzene rings is 1. The lowest BCUT2D eigenvalue weighted by Gasteiger charge is -2.21. The fraction of sp³-hybridized carbons (Fsp3) is 0.333. The maximum Gasteiger partial charge on any atom is 0.326 e. The van der Waals surface area contributed by atoms with Crippen molar-refractivity contribution in [3.05, 3.63) is 29.6 Å². The summed E-state index contributed by atoms with van der Waals surface area (Å²) in [5.41, 5.74) is -0.0791. The Labute approximate surface area is 102 Å². The monoisotopic (exact) mass is 253 g/mol. The van der Waals surface area contributed by atoms with E-state index in [0.717, 1.165) is 18.2 Å². The molecule has 0 radical (unpaired) electrons. The summed E-state index contributed by atoms with van der Waals surface area (Å²) in [6, 6.07) is 2.17. The van der Waals surface area contributed by atoms with Gasteiger partial charge < -0.3 is 15.1 Å². The first-order chi connectivity index (χ1) is 8.50. The maximum absolute atomic E-state index is 12.8. The summed E-state index contributed by atoms with van der Waals surface area (Å²) in [6.07, 6.45) is 0.994. The number of aliphatic carboxylic acids is 1. The van der Waals surface area contributed by atoms with Gasteiger partial charge in [-0.25, -0.2) is 9.18 Å². The third kappa shape index (κ3) is 2.13. The fourth-order valence-corrected chi connectivity index (χ4v) is 2.11. The quantitative estimate of drug-likeness (QED) is 0.830. The van der Waals surface area contributed by atoms with Crippen LogP contribution in [0.5, 0.6) is 5.75 Å². The molecule has 1 aromatic rings. The zero-order valence-corrected chi connectivity index (χ0v) is 9.47. The largest absolute Gasteiger partial charge is 0.507 e. The molecule has 0 aromatic heterocycles. The number of carboxylic acids is 1. The molecule has 1 heterocycles. The van der Waals surface area contributed by atoms with E-state index in [1.54, 1.807) is 0 Å². The minimum atomic E-state index is -1.07. The molecule has 0 bridgehead atoms. The van der Waals surface area contributed by atoms with E-state index in [1.165, 1.54) is 4.90 Å². The number of nitrogens with zero attached hydrogens (tertiary/aromatic N) is 1. The highest BCUT2D eigenvalue weighted by Crippen LogP contribution is 2.25. The predicted molar refractivity (Wildman–Crippen MR) is 59.8 cm³/mol. The molecule has 0 spiro atoms. The second-order valence-electron chi connectivity index (χ2n) is 4.16. The van der Waals surface area contributed by atoms with Crippen molar-refractivity contribution in [3.63, 3.8) is 0 Å². The van der Waals surface area contributed by atoms with Crippen LogP contribution in [-0.2, 0) is 4.79 Å². The summed E-state index contributed by atoms with van der Waals surface area (Å²) in [6.45, 7) is 0.326. The number of hydrogen-bond acceptors (Lipinski definition) is 3. The Morgan fingerprint density at radius 3 is 2.72 bits per heavy atom. The van der Waals surface area contributed by atoms with Crippen molar-refractivity contribution < 1.29 is 24.2 Å². The molecule has 1 amide bonds. The van der Waals surface area contributed by atoms with E-state index in [4.69, 9.17) is 5.11 Å². The highest BCUT2D eigenvalue weighted by Gasteiger charge is 2.35.